The molecule has 2 N–H and O–H groups in total. The summed E-state index contributed by atoms with van der Waals surface area (Å²) in [6.07, 6.45) is 0. The fourth-order valence-electron chi connectivity index (χ4n) is 2.06. The molecule has 1 fully saturated rings. The Kier molecular flexibility index (Phi) is 7.00. The van der Waals surface area contributed by atoms with Gasteiger partial charge in [-0.1, -0.05) is 30.3 Å². The molecule has 1 aliphatic heterocycles. The van der Waals surface area contributed by atoms with Crippen LogP contribution in [0.1, 0.15) is 18.4 Å². The topological polar surface area (TPSA) is 29.3 Å². The third kappa shape index (κ3) is 3.95. The first-order chi connectivity index (χ1) is 6.75. The first-order valence-corrected chi connectivity index (χ1v) is 5.28. The summed E-state index contributed by atoms with van der Waals surface area (Å²) in [7, 11) is 0. The van der Waals surface area contributed by atoms with E-state index >= 15 is 0 Å². The fraction of sp³-hybridized carbons (Fsp3) is 0.500. The molecule has 2 rings (SSSR count). The van der Waals surface area contributed by atoms with Crippen LogP contribution >= 0.6 is 24.8 Å². The number of nitrogens with zero attached hydrogens (tertiary/aromatic N) is 1. The lowest BCUT2D eigenvalue weighted by Gasteiger charge is -2.40. The molecule has 1 aromatic rings. The van der Waals surface area contributed by atoms with E-state index in [0.29, 0.717) is 6.04 Å². The largest absolute Gasteiger partial charge is 0.327 e. The second-order valence-electron chi connectivity index (χ2n) is 4.30. The van der Waals surface area contributed by atoms with E-state index in [1.165, 1.54) is 18.7 Å². The molecule has 4 heteroatoms. The van der Waals surface area contributed by atoms with Crippen molar-refractivity contribution in [1.82, 2.24) is 4.90 Å². The van der Waals surface area contributed by atoms with Crippen LogP contribution in [0.3, 0.4) is 0 Å². The Labute approximate surface area is 110 Å². The zero-order chi connectivity index (χ0) is 9.97. The Morgan fingerprint density at radius 1 is 1.25 bits per heavy atom. The van der Waals surface area contributed by atoms with Gasteiger partial charge in [-0.05, 0) is 12.5 Å². The SMILES string of the molecule is C[C@@H](N)CN1CC(c2ccccc2)C1.Cl.Cl. The summed E-state index contributed by atoms with van der Waals surface area (Å²) in [5.41, 5.74) is 7.21. The van der Waals surface area contributed by atoms with Crippen molar-refractivity contribution in [2.45, 2.75) is 18.9 Å². The van der Waals surface area contributed by atoms with E-state index in [1.807, 2.05) is 0 Å². The summed E-state index contributed by atoms with van der Waals surface area (Å²) in [4.78, 5) is 2.42. The first kappa shape index (κ1) is 15.7. The van der Waals surface area contributed by atoms with Crippen molar-refractivity contribution in [3.63, 3.8) is 0 Å². The van der Waals surface area contributed by atoms with Gasteiger partial charge in [0.25, 0.3) is 0 Å². The smallest absolute Gasteiger partial charge is 0.0139 e. The van der Waals surface area contributed by atoms with Gasteiger partial charge in [0, 0.05) is 31.6 Å². The van der Waals surface area contributed by atoms with Crippen LogP contribution in [0.4, 0.5) is 0 Å². The van der Waals surface area contributed by atoms with Crippen LogP contribution in [0.2, 0.25) is 0 Å². The third-order valence-corrected chi connectivity index (χ3v) is 2.77. The van der Waals surface area contributed by atoms with Gasteiger partial charge in [-0.3, -0.25) is 0 Å². The Bertz CT molecular complexity index is 284. The van der Waals surface area contributed by atoms with Crippen LogP contribution in [0, 0.1) is 0 Å². The molecule has 0 aromatic heterocycles. The Balaban J connectivity index is 0.00000112. The summed E-state index contributed by atoms with van der Waals surface area (Å²) < 4.78 is 0. The van der Waals surface area contributed by atoms with E-state index in [4.69, 9.17) is 5.73 Å². The number of halogens is 2. The van der Waals surface area contributed by atoms with E-state index in [-0.39, 0.29) is 24.8 Å². The van der Waals surface area contributed by atoms with Gasteiger partial charge in [0.2, 0.25) is 0 Å². The number of benzene rings is 1. The highest BCUT2D eigenvalue weighted by Gasteiger charge is 2.27. The zero-order valence-electron chi connectivity index (χ0n) is 9.50. The van der Waals surface area contributed by atoms with Crippen LogP contribution in [0.25, 0.3) is 0 Å². The van der Waals surface area contributed by atoms with Crippen LogP contribution in [0.15, 0.2) is 30.3 Å². The van der Waals surface area contributed by atoms with E-state index in [2.05, 4.69) is 42.2 Å². The van der Waals surface area contributed by atoms with Crippen LogP contribution in [-0.4, -0.2) is 30.6 Å². The molecule has 1 atom stereocenters. The highest BCUT2D eigenvalue weighted by atomic mass is 35.5. The van der Waals surface area contributed by atoms with E-state index in [1.54, 1.807) is 0 Å². The van der Waals surface area contributed by atoms with E-state index in [0.717, 1.165) is 12.5 Å². The van der Waals surface area contributed by atoms with Crippen molar-refractivity contribution in [3.05, 3.63) is 35.9 Å². The maximum atomic E-state index is 5.75. The van der Waals surface area contributed by atoms with Crippen LogP contribution in [-0.2, 0) is 0 Å². The summed E-state index contributed by atoms with van der Waals surface area (Å²) in [5.74, 6) is 0.731. The van der Waals surface area contributed by atoms with Gasteiger partial charge < -0.3 is 10.6 Å². The summed E-state index contributed by atoms with van der Waals surface area (Å²) in [6, 6.07) is 11.0. The number of hydrogen-bond acceptors (Lipinski definition) is 2. The monoisotopic (exact) mass is 262 g/mol. The Morgan fingerprint density at radius 3 is 2.31 bits per heavy atom. The lowest BCUT2D eigenvalue weighted by atomic mass is 9.91. The quantitative estimate of drug-likeness (QED) is 0.906. The number of rotatable bonds is 3. The maximum Gasteiger partial charge on any atom is 0.0139 e. The second kappa shape index (κ2) is 7.13. The molecular formula is C12H20Cl2N2. The highest BCUT2D eigenvalue weighted by Crippen LogP contribution is 2.26. The Morgan fingerprint density at radius 2 is 1.81 bits per heavy atom. The molecule has 1 heterocycles. The first-order valence-electron chi connectivity index (χ1n) is 5.28. The van der Waals surface area contributed by atoms with E-state index < -0.39 is 0 Å². The zero-order valence-corrected chi connectivity index (χ0v) is 11.1. The van der Waals surface area contributed by atoms with Gasteiger partial charge in [-0.15, -0.1) is 24.8 Å². The van der Waals surface area contributed by atoms with Crippen molar-refractivity contribution in [2.75, 3.05) is 19.6 Å². The predicted octanol–water partition coefficient (Wildman–Crippen LogP) is 2.28. The standard InChI is InChI=1S/C12H18N2.2ClH/c1-10(13)7-14-8-12(9-14)11-5-3-2-4-6-11;;/h2-6,10,12H,7-9,13H2,1H3;2*1H/t10-;;/m1../s1. The van der Waals surface area contributed by atoms with Crippen molar-refractivity contribution >= 4 is 24.8 Å². The molecular weight excluding hydrogens is 243 g/mol. The highest BCUT2D eigenvalue weighted by molar-refractivity contribution is 5.85. The van der Waals surface area contributed by atoms with Crippen molar-refractivity contribution in [2.24, 2.45) is 5.73 Å². The van der Waals surface area contributed by atoms with Crippen LogP contribution in [0.5, 0.6) is 0 Å². The molecule has 0 radical (unpaired) electrons. The van der Waals surface area contributed by atoms with Crippen molar-refractivity contribution < 1.29 is 0 Å². The molecule has 0 amide bonds. The fourth-order valence-corrected chi connectivity index (χ4v) is 2.06. The normalized spacial score (nSPS) is 17.9. The van der Waals surface area contributed by atoms with Gasteiger partial charge in [0.05, 0.1) is 0 Å². The van der Waals surface area contributed by atoms with Gasteiger partial charge in [0.15, 0.2) is 0 Å². The number of hydrogen-bond donors (Lipinski definition) is 1. The second-order valence-corrected chi connectivity index (χ2v) is 4.30. The molecule has 0 aliphatic carbocycles. The molecule has 0 spiro atoms. The number of nitrogens with two attached hydrogens (primary N) is 1. The van der Waals surface area contributed by atoms with Gasteiger partial charge in [-0.25, -0.2) is 0 Å². The average molecular weight is 263 g/mol. The minimum Gasteiger partial charge on any atom is -0.327 e. The lowest BCUT2D eigenvalue weighted by Crippen LogP contribution is -2.49. The molecule has 0 saturated carbocycles. The minimum atomic E-state index is 0. The maximum absolute atomic E-state index is 5.75. The van der Waals surface area contributed by atoms with Crippen LogP contribution < -0.4 is 5.73 Å². The van der Waals surface area contributed by atoms with Gasteiger partial charge in [0.1, 0.15) is 0 Å². The molecule has 16 heavy (non-hydrogen) atoms. The molecule has 1 aliphatic rings. The predicted molar refractivity (Wildman–Crippen MR) is 73.8 cm³/mol. The van der Waals surface area contributed by atoms with Crippen molar-refractivity contribution in [1.29, 1.82) is 0 Å². The van der Waals surface area contributed by atoms with Gasteiger partial charge in [-0.2, -0.15) is 0 Å². The summed E-state index contributed by atoms with van der Waals surface area (Å²) in [5, 5.41) is 0. The summed E-state index contributed by atoms with van der Waals surface area (Å²) in [6.45, 7) is 5.44. The third-order valence-electron chi connectivity index (χ3n) is 2.77. The molecule has 1 saturated heterocycles. The van der Waals surface area contributed by atoms with Crippen molar-refractivity contribution in [3.8, 4) is 0 Å². The average Bonchev–Trinajstić information content (AvgIpc) is 2.12. The molecule has 0 unspecified atom stereocenters. The van der Waals surface area contributed by atoms with E-state index in [9.17, 15) is 0 Å². The summed E-state index contributed by atoms with van der Waals surface area (Å²) >= 11 is 0. The molecule has 92 valence electrons. The van der Waals surface area contributed by atoms with Gasteiger partial charge >= 0.3 is 0 Å². The Hall–Kier alpha value is -0.280. The molecule has 1 aromatic carbocycles. The molecule has 0 bridgehead atoms. The lowest BCUT2D eigenvalue weighted by molar-refractivity contribution is 0.141. The number of likely N-dealkylation sites (tertiary alicyclic amines) is 1. The minimum absolute atomic E-state index is 0. The molecule has 2 nitrogen and oxygen atoms in total.